The molecule has 0 saturated heterocycles. The lowest BCUT2D eigenvalue weighted by Gasteiger charge is -1.98. The highest BCUT2D eigenvalue weighted by atomic mass is 35.5. The van der Waals surface area contributed by atoms with Crippen LogP contribution < -0.4 is 0 Å². The SMILES string of the molecule is CCO/C(C)=C\C(=O)Cl. The van der Waals surface area contributed by atoms with Gasteiger partial charge in [0.05, 0.1) is 12.4 Å². The number of carbonyl (C=O) groups is 1. The fraction of sp³-hybridized carbons (Fsp3) is 0.500. The fourth-order valence-electron chi connectivity index (χ4n) is 0.429. The summed E-state index contributed by atoms with van der Waals surface area (Å²) in [6.45, 7) is 4.09. The van der Waals surface area contributed by atoms with Gasteiger partial charge in [-0.2, -0.15) is 0 Å². The molecule has 0 aliphatic heterocycles. The molecule has 0 spiro atoms. The van der Waals surface area contributed by atoms with E-state index in [2.05, 4.69) is 0 Å². The maximum absolute atomic E-state index is 10.1. The lowest BCUT2D eigenvalue weighted by atomic mass is 10.5. The Hall–Kier alpha value is -0.500. The van der Waals surface area contributed by atoms with Gasteiger partial charge in [-0.05, 0) is 25.4 Å². The van der Waals surface area contributed by atoms with E-state index in [1.165, 1.54) is 6.08 Å². The number of hydrogen-bond acceptors (Lipinski definition) is 2. The molecule has 0 aromatic carbocycles. The molecule has 0 aliphatic rings. The summed E-state index contributed by atoms with van der Waals surface area (Å²) in [6, 6.07) is 0. The van der Waals surface area contributed by atoms with Crippen molar-refractivity contribution in [3.05, 3.63) is 11.8 Å². The van der Waals surface area contributed by atoms with Crippen molar-refractivity contribution in [2.75, 3.05) is 6.61 Å². The molecule has 52 valence electrons. The Bertz CT molecular complexity index is 129. The van der Waals surface area contributed by atoms with E-state index < -0.39 is 5.24 Å². The van der Waals surface area contributed by atoms with Gasteiger partial charge in [-0.15, -0.1) is 0 Å². The maximum Gasteiger partial charge on any atom is 0.248 e. The predicted octanol–water partition coefficient (Wildman–Crippen LogP) is 1.69. The van der Waals surface area contributed by atoms with Crippen LogP contribution in [0.5, 0.6) is 0 Å². The number of carbonyl (C=O) groups excluding carboxylic acids is 1. The molecular weight excluding hydrogens is 140 g/mol. The summed E-state index contributed by atoms with van der Waals surface area (Å²) in [7, 11) is 0. The van der Waals surface area contributed by atoms with Gasteiger partial charge in [0.1, 0.15) is 0 Å². The van der Waals surface area contributed by atoms with E-state index in [1.807, 2.05) is 6.92 Å². The molecule has 0 radical (unpaired) electrons. The maximum atomic E-state index is 10.1. The highest BCUT2D eigenvalue weighted by Gasteiger charge is 1.90. The van der Waals surface area contributed by atoms with E-state index in [4.69, 9.17) is 16.3 Å². The lowest BCUT2D eigenvalue weighted by Crippen LogP contribution is -1.88. The normalized spacial score (nSPS) is 11.2. The largest absolute Gasteiger partial charge is 0.498 e. The molecule has 0 aromatic heterocycles. The molecule has 0 N–H and O–H groups in total. The molecule has 0 unspecified atom stereocenters. The van der Waals surface area contributed by atoms with Gasteiger partial charge < -0.3 is 4.74 Å². The molecule has 9 heavy (non-hydrogen) atoms. The number of rotatable bonds is 3. The van der Waals surface area contributed by atoms with Crippen molar-refractivity contribution in [1.29, 1.82) is 0 Å². The van der Waals surface area contributed by atoms with Gasteiger partial charge in [0.2, 0.25) is 5.24 Å². The van der Waals surface area contributed by atoms with Gasteiger partial charge in [0.15, 0.2) is 0 Å². The Morgan fingerprint density at radius 3 is 2.67 bits per heavy atom. The average Bonchev–Trinajstić information content (AvgIpc) is 1.63. The van der Waals surface area contributed by atoms with Crippen LogP contribution in [-0.2, 0) is 9.53 Å². The van der Waals surface area contributed by atoms with Crippen molar-refractivity contribution in [3.8, 4) is 0 Å². The molecular formula is C6H9ClO2. The minimum Gasteiger partial charge on any atom is -0.498 e. The first-order valence-electron chi connectivity index (χ1n) is 2.67. The first-order valence-corrected chi connectivity index (χ1v) is 3.05. The van der Waals surface area contributed by atoms with E-state index in [0.717, 1.165) is 0 Å². The summed E-state index contributed by atoms with van der Waals surface area (Å²) in [6.07, 6.45) is 1.24. The van der Waals surface area contributed by atoms with Gasteiger partial charge in [-0.3, -0.25) is 4.79 Å². The highest BCUT2D eigenvalue weighted by molar-refractivity contribution is 6.66. The minimum absolute atomic E-state index is 0.499. The second-order valence-electron chi connectivity index (χ2n) is 1.49. The second kappa shape index (κ2) is 4.39. The first-order chi connectivity index (χ1) is 4.16. The Kier molecular flexibility index (Phi) is 4.14. The van der Waals surface area contributed by atoms with Crippen LogP contribution >= 0.6 is 11.6 Å². The monoisotopic (exact) mass is 148 g/mol. The fourth-order valence-corrected chi connectivity index (χ4v) is 0.583. The summed E-state index contributed by atoms with van der Waals surface area (Å²) >= 11 is 5.01. The van der Waals surface area contributed by atoms with Crippen LogP contribution in [0.3, 0.4) is 0 Å². The summed E-state index contributed by atoms with van der Waals surface area (Å²) in [5, 5.41) is -0.499. The molecule has 3 heteroatoms. The van der Waals surface area contributed by atoms with Crippen molar-refractivity contribution in [3.63, 3.8) is 0 Å². The van der Waals surface area contributed by atoms with Crippen LogP contribution in [0.4, 0.5) is 0 Å². The average molecular weight is 149 g/mol. The Labute approximate surface area is 59.5 Å². The van der Waals surface area contributed by atoms with E-state index in [0.29, 0.717) is 12.4 Å². The van der Waals surface area contributed by atoms with Gasteiger partial charge in [-0.25, -0.2) is 0 Å². The van der Waals surface area contributed by atoms with Crippen molar-refractivity contribution in [2.45, 2.75) is 13.8 Å². The quantitative estimate of drug-likeness (QED) is 0.346. The van der Waals surface area contributed by atoms with Crippen molar-refractivity contribution in [2.24, 2.45) is 0 Å². The summed E-state index contributed by atoms with van der Waals surface area (Å²) in [5.41, 5.74) is 0. The molecule has 2 nitrogen and oxygen atoms in total. The van der Waals surface area contributed by atoms with E-state index in [9.17, 15) is 4.79 Å². The van der Waals surface area contributed by atoms with E-state index in [1.54, 1.807) is 6.92 Å². The number of hydrogen-bond donors (Lipinski definition) is 0. The number of allylic oxidation sites excluding steroid dienone is 2. The Morgan fingerprint density at radius 2 is 2.33 bits per heavy atom. The van der Waals surface area contributed by atoms with Gasteiger partial charge in [0, 0.05) is 6.08 Å². The molecule has 0 bridgehead atoms. The molecule has 0 rings (SSSR count). The Balaban J connectivity index is 3.69. The molecule has 0 aliphatic carbocycles. The zero-order valence-corrected chi connectivity index (χ0v) is 6.23. The highest BCUT2D eigenvalue weighted by Crippen LogP contribution is 1.95. The zero-order chi connectivity index (χ0) is 7.28. The van der Waals surface area contributed by atoms with Gasteiger partial charge in [0.25, 0.3) is 0 Å². The van der Waals surface area contributed by atoms with Crippen molar-refractivity contribution in [1.82, 2.24) is 0 Å². The standard InChI is InChI=1S/C6H9ClO2/c1-3-9-5(2)4-6(7)8/h4H,3H2,1-2H3/b5-4-. The first kappa shape index (κ1) is 8.50. The summed E-state index contributed by atoms with van der Waals surface area (Å²) < 4.78 is 4.91. The smallest absolute Gasteiger partial charge is 0.248 e. The molecule has 0 amide bonds. The predicted molar refractivity (Wildman–Crippen MR) is 36.2 cm³/mol. The van der Waals surface area contributed by atoms with Crippen LogP contribution in [0.1, 0.15) is 13.8 Å². The van der Waals surface area contributed by atoms with Crippen molar-refractivity contribution >= 4 is 16.8 Å². The van der Waals surface area contributed by atoms with Crippen LogP contribution in [0.25, 0.3) is 0 Å². The Morgan fingerprint density at radius 1 is 1.78 bits per heavy atom. The van der Waals surface area contributed by atoms with E-state index in [-0.39, 0.29) is 0 Å². The van der Waals surface area contributed by atoms with Gasteiger partial charge in [-0.1, -0.05) is 0 Å². The zero-order valence-electron chi connectivity index (χ0n) is 5.48. The molecule has 0 heterocycles. The molecule has 0 aromatic rings. The third kappa shape index (κ3) is 5.37. The van der Waals surface area contributed by atoms with Crippen LogP contribution in [0.15, 0.2) is 11.8 Å². The number of halogens is 1. The van der Waals surface area contributed by atoms with Crippen LogP contribution in [-0.4, -0.2) is 11.8 Å². The minimum atomic E-state index is -0.499. The second-order valence-corrected chi connectivity index (χ2v) is 1.86. The molecule has 0 saturated carbocycles. The summed E-state index contributed by atoms with van der Waals surface area (Å²) in [4.78, 5) is 10.1. The lowest BCUT2D eigenvalue weighted by molar-refractivity contribution is -0.107. The van der Waals surface area contributed by atoms with Crippen molar-refractivity contribution < 1.29 is 9.53 Å². The third-order valence-corrected chi connectivity index (χ3v) is 0.798. The third-order valence-electron chi connectivity index (χ3n) is 0.689. The van der Waals surface area contributed by atoms with Gasteiger partial charge >= 0.3 is 0 Å². The topological polar surface area (TPSA) is 26.3 Å². The van der Waals surface area contributed by atoms with Crippen LogP contribution in [0.2, 0.25) is 0 Å². The van der Waals surface area contributed by atoms with Crippen LogP contribution in [0, 0.1) is 0 Å². The number of ether oxygens (including phenoxy) is 1. The molecule has 0 atom stereocenters. The van der Waals surface area contributed by atoms with E-state index >= 15 is 0 Å². The summed E-state index contributed by atoms with van der Waals surface area (Å²) in [5.74, 6) is 0.553. The molecule has 0 fully saturated rings.